The van der Waals surface area contributed by atoms with Crippen LogP contribution in [0, 0.1) is 0 Å². The zero-order valence-corrected chi connectivity index (χ0v) is 13.9. The second kappa shape index (κ2) is 6.85. The van der Waals surface area contributed by atoms with E-state index in [1.165, 1.54) is 4.90 Å². The van der Waals surface area contributed by atoms with Gasteiger partial charge in [-0.15, -0.1) is 0 Å². The fourth-order valence-electron chi connectivity index (χ4n) is 1.75. The molecule has 21 heavy (non-hydrogen) atoms. The summed E-state index contributed by atoms with van der Waals surface area (Å²) in [7, 11) is 0.509. The number of nitrogens with zero attached hydrogens (tertiary/aromatic N) is 1. The summed E-state index contributed by atoms with van der Waals surface area (Å²) in [5, 5.41) is 2.81. The van der Waals surface area contributed by atoms with Crippen molar-refractivity contribution >= 4 is 22.6 Å². The number of rotatable bonds is 4. The first-order valence-corrected chi connectivity index (χ1v) is 8.16. The maximum absolute atomic E-state index is 12.2. The molecule has 116 valence electrons. The number of likely N-dealkylation sites (N-methyl/N-ethyl adjacent to an activating group) is 1. The topological polar surface area (TPSA) is 66.5 Å². The molecule has 0 heterocycles. The number of nitrogens with one attached hydrogen (secondary N) is 1. The number of hydrogen-bond donors (Lipinski definition) is 1. The van der Waals surface area contributed by atoms with E-state index in [0.717, 1.165) is 0 Å². The summed E-state index contributed by atoms with van der Waals surface area (Å²) in [6, 6.07) is 6.56. The van der Waals surface area contributed by atoms with Gasteiger partial charge in [0, 0.05) is 40.1 Å². The average Bonchev–Trinajstić information content (AvgIpc) is 2.35. The van der Waals surface area contributed by atoms with Gasteiger partial charge in [-0.1, -0.05) is 0 Å². The zero-order valence-electron chi connectivity index (χ0n) is 13.1. The molecule has 6 heteroatoms. The summed E-state index contributed by atoms with van der Waals surface area (Å²) in [4.78, 5) is 26.0. The molecule has 1 N–H and O–H groups in total. The van der Waals surface area contributed by atoms with Crippen LogP contribution in [0.4, 0.5) is 0 Å². The molecule has 0 radical (unpaired) electrons. The Morgan fingerprint density at radius 2 is 1.71 bits per heavy atom. The highest BCUT2D eigenvalue weighted by atomic mass is 32.2. The Bertz CT molecular complexity index is 547. The first kappa shape index (κ1) is 17.4. The van der Waals surface area contributed by atoms with Crippen LogP contribution in [0.2, 0.25) is 0 Å². The van der Waals surface area contributed by atoms with Crippen LogP contribution in [0.5, 0.6) is 0 Å². The molecule has 0 unspecified atom stereocenters. The lowest BCUT2D eigenvalue weighted by Crippen LogP contribution is -2.46. The summed E-state index contributed by atoms with van der Waals surface area (Å²) in [6.45, 7) is 5.65. The number of carbonyl (C=O) groups excluding carboxylic acids is 2. The van der Waals surface area contributed by atoms with Crippen molar-refractivity contribution in [3.8, 4) is 0 Å². The van der Waals surface area contributed by atoms with E-state index < -0.39 is 10.8 Å². The highest BCUT2D eigenvalue weighted by molar-refractivity contribution is 7.84. The van der Waals surface area contributed by atoms with Crippen molar-refractivity contribution < 1.29 is 13.8 Å². The predicted octanol–water partition coefficient (Wildman–Crippen LogP) is 1.41. The van der Waals surface area contributed by atoms with Crippen molar-refractivity contribution in [2.24, 2.45) is 0 Å². The molecule has 0 fully saturated rings. The van der Waals surface area contributed by atoms with Gasteiger partial charge in [-0.25, -0.2) is 0 Å². The normalized spacial score (nSPS) is 12.6. The van der Waals surface area contributed by atoms with Crippen LogP contribution in [0.3, 0.4) is 0 Å². The lowest BCUT2D eigenvalue weighted by molar-refractivity contribution is -0.122. The van der Waals surface area contributed by atoms with Crippen molar-refractivity contribution in [2.45, 2.75) is 31.2 Å². The third-order valence-corrected chi connectivity index (χ3v) is 3.61. The molecule has 1 aromatic rings. The van der Waals surface area contributed by atoms with E-state index in [0.29, 0.717) is 10.5 Å². The Balaban J connectivity index is 2.70. The van der Waals surface area contributed by atoms with E-state index in [4.69, 9.17) is 0 Å². The minimum Gasteiger partial charge on any atom is -0.350 e. The number of benzene rings is 1. The van der Waals surface area contributed by atoms with Crippen LogP contribution in [0.25, 0.3) is 0 Å². The van der Waals surface area contributed by atoms with Gasteiger partial charge >= 0.3 is 0 Å². The van der Waals surface area contributed by atoms with Gasteiger partial charge in [-0.05, 0) is 45.0 Å². The molecule has 0 aliphatic carbocycles. The number of hydrogen-bond acceptors (Lipinski definition) is 3. The molecule has 0 spiro atoms. The van der Waals surface area contributed by atoms with Crippen LogP contribution in [0.15, 0.2) is 29.2 Å². The predicted molar refractivity (Wildman–Crippen MR) is 83.6 cm³/mol. The molecular formula is C15H22N2O3S. The zero-order chi connectivity index (χ0) is 16.2. The molecule has 1 aromatic carbocycles. The van der Waals surface area contributed by atoms with Crippen LogP contribution in [-0.2, 0) is 15.6 Å². The first-order chi connectivity index (χ1) is 9.60. The van der Waals surface area contributed by atoms with Gasteiger partial charge < -0.3 is 10.2 Å². The smallest absolute Gasteiger partial charge is 0.254 e. The maximum atomic E-state index is 12.2. The molecule has 0 aliphatic heterocycles. The summed E-state index contributed by atoms with van der Waals surface area (Å²) >= 11 is 0. The van der Waals surface area contributed by atoms with Gasteiger partial charge in [0.15, 0.2) is 0 Å². The van der Waals surface area contributed by atoms with Gasteiger partial charge in [0.1, 0.15) is 0 Å². The molecule has 0 bridgehead atoms. The highest BCUT2D eigenvalue weighted by Crippen LogP contribution is 2.09. The van der Waals surface area contributed by atoms with Gasteiger partial charge in [0.2, 0.25) is 5.91 Å². The molecule has 5 nitrogen and oxygen atoms in total. The van der Waals surface area contributed by atoms with E-state index in [-0.39, 0.29) is 23.9 Å². The average molecular weight is 310 g/mol. The van der Waals surface area contributed by atoms with Crippen molar-refractivity contribution in [1.29, 1.82) is 0 Å². The standard InChI is InChI=1S/C15H22N2O3S/c1-15(2,3)16-13(18)10-17(4)14(19)11-6-8-12(9-7-11)21(5)20/h6-9H,10H2,1-5H3,(H,16,18)/t21-/m1/s1. The van der Waals surface area contributed by atoms with Crippen LogP contribution in [0.1, 0.15) is 31.1 Å². The summed E-state index contributed by atoms with van der Waals surface area (Å²) in [5.74, 6) is -0.447. The van der Waals surface area contributed by atoms with Crippen LogP contribution < -0.4 is 5.32 Å². The van der Waals surface area contributed by atoms with Gasteiger partial charge in [-0.3, -0.25) is 13.8 Å². The third kappa shape index (κ3) is 5.67. The van der Waals surface area contributed by atoms with Gasteiger partial charge in [-0.2, -0.15) is 0 Å². The summed E-state index contributed by atoms with van der Waals surface area (Å²) < 4.78 is 11.3. The molecule has 0 saturated heterocycles. The summed E-state index contributed by atoms with van der Waals surface area (Å²) in [5.41, 5.74) is 0.142. The molecule has 0 aromatic heterocycles. The maximum Gasteiger partial charge on any atom is 0.254 e. The Kier molecular flexibility index (Phi) is 5.66. The number of amides is 2. The van der Waals surface area contributed by atoms with E-state index in [2.05, 4.69) is 5.32 Å². The quantitative estimate of drug-likeness (QED) is 0.914. The van der Waals surface area contributed by atoms with E-state index in [9.17, 15) is 13.8 Å². The minimum absolute atomic E-state index is 0.00242. The molecular weight excluding hydrogens is 288 g/mol. The van der Waals surface area contributed by atoms with Crippen LogP contribution in [-0.4, -0.2) is 46.3 Å². The second-order valence-corrected chi connectivity index (χ2v) is 7.32. The van der Waals surface area contributed by atoms with Crippen molar-refractivity contribution in [1.82, 2.24) is 10.2 Å². The number of carbonyl (C=O) groups is 2. The van der Waals surface area contributed by atoms with Crippen molar-refractivity contribution in [3.05, 3.63) is 29.8 Å². The molecule has 1 atom stereocenters. The Morgan fingerprint density at radius 3 is 2.14 bits per heavy atom. The lowest BCUT2D eigenvalue weighted by Gasteiger charge is -2.23. The lowest BCUT2D eigenvalue weighted by atomic mass is 10.1. The third-order valence-electron chi connectivity index (χ3n) is 2.68. The molecule has 1 rings (SSSR count). The Labute approximate surface area is 128 Å². The SMILES string of the molecule is CN(CC(=O)NC(C)(C)C)C(=O)c1ccc([S@@](C)=O)cc1. The minimum atomic E-state index is -1.07. The van der Waals surface area contributed by atoms with Crippen molar-refractivity contribution in [3.63, 3.8) is 0 Å². The van der Waals surface area contributed by atoms with Gasteiger partial charge in [0.25, 0.3) is 5.91 Å². The Morgan fingerprint density at radius 1 is 1.19 bits per heavy atom. The first-order valence-electron chi connectivity index (χ1n) is 6.60. The summed E-state index contributed by atoms with van der Waals surface area (Å²) in [6.07, 6.45) is 1.58. The second-order valence-electron chi connectivity index (χ2n) is 5.94. The molecule has 0 aliphatic rings. The monoisotopic (exact) mass is 310 g/mol. The molecule has 2 amide bonds. The van der Waals surface area contributed by atoms with Gasteiger partial charge in [0.05, 0.1) is 6.54 Å². The van der Waals surface area contributed by atoms with E-state index in [1.54, 1.807) is 37.6 Å². The Hall–Kier alpha value is -1.69. The largest absolute Gasteiger partial charge is 0.350 e. The van der Waals surface area contributed by atoms with Crippen molar-refractivity contribution in [2.75, 3.05) is 19.8 Å². The highest BCUT2D eigenvalue weighted by Gasteiger charge is 2.18. The fraction of sp³-hybridized carbons (Fsp3) is 0.467. The fourth-order valence-corrected chi connectivity index (χ4v) is 2.27. The molecule has 0 saturated carbocycles. The van der Waals surface area contributed by atoms with E-state index >= 15 is 0 Å². The van der Waals surface area contributed by atoms with E-state index in [1.807, 2.05) is 20.8 Å². The van der Waals surface area contributed by atoms with Crippen LogP contribution >= 0.6 is 0 Å².